The Kier molecular flexibility index (Phi) is 6.63. The molecule has 0 unspecified atom stereocenters. The summed E-state index contributed by atoms with van der Waals surface area (Å²) >= 11 is 0. The van der Waals surface area contributed by atoms with Crippen LogP contribution in [0.5, 0.6) is 0 Å². The SMILES string of the molecule is CCN(CC)CC(=O)c1ccc2c(C(=O)CN(CC)CC)ccc3c2c1CC3. The van der Waals surface area contributed by atoms with Crippen LogP contribution in [-0.4, -0.2) is 60.6 Å². The summed E-state index contributed by atoms with van der Waals surface area (Å²) in [5.41, 5.74) is 4.03. The molecule has 0 fully saturated rings. The van der Waals surface area contributed by atoms with Crippen molar-refractivity contribution in [2.24, 2.45) is 0 Å². The van der Waals surface area contributed by atoms with Gasteiger partial charge in [-0.1, -0.05) is 52.0 Å². The molecule has 0 amide bonds. The van der Waals surface area contributed by atoms with Crippen molar-refractivity contribution < 1.29 is 9.59 Å². The van der Waals surface area contributed by atoms with Gasteiger partial charge >= 0.3 is 0 Å². The summed E-state index contributed by atoms with van der Waals surface area (Å²) in [5, 5.41) is 2.16. The normalized spacial score (nSPS) is 13.1. The lowest BCUT2D eigenvalue weighted by Crippen LogP contribution is -2.30. The Morgan fingerprint density at radius 1 is 0.750 bits per heavy atom. The Labute approximate surface area is 168 Å². The fourth-order valence-corrected chi connectivity index (χ4v) is 4.30. The van der Waals surface area contributed by atoms with Gasteiger partial charge in [-0.25, -0.2) is 0 Å². The Hall–Kier alpha value is -2.04. The molecule has 3 rings (SSSR count). The minimum atomic E-state index is 0.162. The van der Waals surface area contributed by atoms with Crippen molar-refractivity contribution in [3.8, 4) is 0 Å². The van der Waals surface area contributed by atoms with Crippen LogP contribution in [0.2, 0.25) is 0 Å². The highest BCUT2D eigenvalue weighted by molar-refractivity contribution is 6.13. The third-order valence-corrected chi connectivity index (χ3v) is 6.14. The summed E-state index contributed by atoms with van der Waals surface area (Å²) in [4.78, 5) is 30.2. The first-order chi connectivity index (χ1) is 13.5. The largest absolute Gasteiger partial charge is 0.296 e. The summed E-state index contributed by atoms with van der Waals surface area (Å²) in [6.07, 6.45) is 1.84. The number of aryl methyl sites for hydroxylation is 2. The van der Waals surface area contributed by atoms with E-state index in [1.165, 1.54) is 5.56 Å². The molecule has 0 atom stereocenters. The Bertz CT molecular complexity index is 880. The van der Waals surface area contributed by atoms with E-state index < -0.39 is 0 Å². The number of carbonyl (C=O) groups is 2. The van der Waals surface area contributed by atoms with Gasteiger partial charge in [0.15, 0.2) is 11.6 Å². The van der Waals surface area contributed by atoms with Crippen LogP contribution in [0.25, 0.3) is 10.8 Å². The molecule has 0 radical (unpaired) electrons. The van der Waals surface area contributed by atoms with Gasteiger partial charge in [-0.3, -0.25) is 19.4 Å². The Balaban J connectivity index is 1.99. The zero-order valence-corrected chi connectivity index (χ0v) is 17.7. The molecule has 1 aliphatic rings. The van der Waals surface area contributed by atoms with Gasteiger partial charge in [-0.05, 0) is 60.9 Å². The Morgan fingerprint density at radius 2 is 1.29 bits per heavy atom. The van der Waals surface area contributed by atoms with Gasteiger partial charge in [-0.2, -0.15) is 0 Å². The molecule has 28 heavy (non-hydrogen) atoms. The monoisotopic (exact) mass is 380 g/mol. The van der Waals surface area contributed by atoms with E-state index in [9.17, 15) is 9.59 Å². The highest BCUT2D eigenvalue weighted by atomic mass is 16.1. The van der Waals surface area contributed by atoms with E-state index in [0.717, 1.165) is 66.5 Å². The van der Waals surface area contributed by atoms with Gasteiger partial charge in [0.05, 0.1) is 13.1 Å². The molecule has 0 spiro atoms. The number of hydrogen-bond acceptors (Lipinski definition) is 4. The second kappa shape index (κ2) is 8.97. The topological polar surface area (TPSA) is 40.6 Å². The third-order valence-electron chi connectivity index (χ3n) is 6.14. The molecule has 0 aromatic heterocycles. The van der Waals surface area contributed by atoms with Crippen molar-refractivity contribution in [3.63, 3.8) is 0 Å². The average Bonchev–Trinajstić information content (AvgIpc) is 3.15. The van der Waals surface area contributed by atoms with E-state index in [0.29, 0.717) is 13.1 Å². The van der Waals surface area contributed by atoms with E-state index >= 15 is 0 Å². The van der Waals surface area contributed by atoms with Crippen molar-refractivity contribution in [2.45, 2.75) is 40.5 Å². The highest BCUT2D eigenvalue weighted by Gasteiger charge is 2.24. The van der Waals surface area contributed by atoms with Crippen molar-refractivity contribution in [1.29, 1.82) is 0 Å². The van der Waals surface area contributed by atoms with Crippen LogP contribution in [0.15, 0.2) is 24.3 Å². The van der Waals surface area contributed by atoms with E-state index in [1.54, 1.807) is 0 Å². The fourth-order valence-electron chi connectivity index (χ4n) is 4.30. The van der Waals surface area contributed by atoms with Crippen molar-refractivity contribution in [2.75, 3.05) is 39.3 Å². The summed E-state index contributed by atoms with van der Waals surface area (Å²) in [6, 6.07) is 8.02. The molecule has 0 saturated heterocycles. The Morgan fingerprint density at radius 3 is 1.86 bits per heavy atom. The minimum Gasteiger partial charge on any atom is -0.296 e. The first-order valence-electron chi connectivity index (χ1n) is 10.6. The molecule has 2 aromatic rings. The maximum atomic E-state index is 13.0. The van der Waals surface area contributed by atoms with Crippen LogP contribution in [0.1, 0.15) is 59.5 Å². The van der Waals surface area contributed by atoms with E-state index in [-0.39, 0.29) is 11.6 Å². The molecule has 0 saturated carbocycles. The predicted octanol–water partition coefficient (Wildman–Crippen LogP) is 3.99. The molecule has 150 valence electrons. The van der Waals surface area contributed by atoms with Crippen LogP contribution in [0.3, 0.4) is 0 Å². The predicted molar refractivity (Wildman–Crippen MR) is 116 cm³/mol. The number of benzene rings is 2. The van der Waals surface area contributed by atoms with Crippen LogP contribution in [-0.2, 0) is 12.8 Å². The molecule has 0 heterocycles. The number of Topliss-reactive ketones (excluding diaryl/α,β-unsaturated/α-hetero) is 2. The second-order valence-electron chi connectivity index (χ2n) is 7.56. The summed E-state index contributed by atoms with van der Waals surface area (Å²) in [6.45, 7) is 12.7. The van der Waals surface area contributed by atoms with Crippen LogP contribution >= 0.6 is 0 Å². The van der Waals surface area contributed by atoms with Crippen molar-refractivity contribution in [3.05, 3.63) is 46.5 Å². The molecule has 2 aromatic carbocycles. The first-order valence-corrected chi connectivity index (χ1v) is 10.6. The van der Waals surface area contributed by atoms with Crippen molar-refractivity contribution >= 4 is 22.3 Å². The quantitative estimate of drug-likeness (QED) is 0.585. The first kappa shape index (κ1) is 20.7. The molecule has 1 aliphatic carbocycles. The van der Waals surface area contributed by atoms with E-state index in [2.05, 4.69) is 43.6 Å². The number of ketones is 2. The van der Waals surface area contributed by atoms with Gasteiger partial charge in [0.25, 0.3) is 0 Å². The summed E-state index contributed by atoms with van der Waals surface area (Å²) < 4.78 is 0. The lowest BCUT2D eigenvalue weighted by molar-refractivity contribution is 0.0931. The van der Waals surface area contributed by atoms with Gasteiger partial charge in [0.1, 0.15) is 0 Å². The van der Waals surface area contributed by atoms with E-state index in [1.807, 2.05) is 18.2 Å². The molecule has 0 bridgehead atoms. The molecular weight excluding hydrogens is 348 g/mol. The lowest BCUT2D eigenvalue weighted by atomic mass is 9.93. The number of rotatable bonds is 10. The molecule has 4 heteroatoms. The van der Waals surface area contributed by atoms with Gasteiger partial charge < -0.3 is 0 Å². The minimum absolute atomic E-state index is 0.162. The maximum absolute atomic E-state index is 13.0. The van der Waals surface area contributed by atoms with Gasteiger partial charge in [0.2, 0.25) is 0 Å². The fraction of sp³-hybridized carbons (Fsp3) is 0.500. The van der Waals surface area contributed by atoms with E-state index in [4.69, 9.17) is 0 Å². The zero-order chi connectivity index (χ0) is 20.3. The van der Waals surface area contributed by atoms with Gasteiger partial charge in [-0.15, -0.1) is 0 Å². The zero-order valence-electron chi connectivity index (χ0n) is 17.7. The smallest absolute Gasteiger partial charge is 0.177 e. The van der Waals surface area contributed by atoms with Crippen LogP contribution < -0.4 is 0 Å². The maximum Gasteiger partial charge on any atom is 0.177 e. The second-order valence-corrected chi connectivity index (χ2v) is 7.56. The molecular formula is C24H32N2O2. The third kappa shape index (κ3) is 3.89. The molecule has 4 nitrogen and oxygen atoms in total. The number of nitrogens with zero attached hydrogens (tertiary/aromatic N) is 2. The lowest BCUT2D eigenvalue weighted by Gasteiger charge is -2.19. The van der Waals surface area contributed by atoms with Crippen molar-refractivity contribution in [1.82, 2.24) is 9.80 Å². The molecule has 0 aliphatic heterocycles. The van der Waals surface area contributed by atoms with Gasteiger partial charge in [0, 0.05) is 11.1 Å². The average molecular weight is 381 g/mol. The molecule has 0 N–H and O–H groups in total. The number of hydrogen-bond donors (Lipinski definition) is 0. The number of carbonyl (C=O) groups excluding carboxylic acids is 2. The summed E-state index contributed by atoms with van der Waals surface area (Å²) in [5.74, 6) is 0.351. The standard InChI is InChI=1S/C24H32N2O2/c1-5-25(6-2)15-22(27)18-11-9-17-10-12-20-19(13-14-21(18)24(17)20)23(28)16-26(7-3)8-4/h9,11,13-14H,5-8,10,12,15-16H2,1-4H3. The number of likely N-dealkylation sites (N-methyl/N-ethyl adjacent to an activating group) is 2. The summed E-state index contributed by atoms with van der Waals surface area (Å²) in [7, 11) is 0. The highest BCUT2D eigenvalue weighted by Crippen LogP contribution is 2.35. The van der Waals surface area contributed by atoms with Crippen LogP contribution in [0.4, 0.5) is 0 Å². The van der Waals surface area contributed by atoms with Crippen LogP contribution in [0, 0.1) is 0 Å².